The molecule has 0 radical (unpaired) electrons. The van der Waals surface area contributed by atoms with E-state index in [1.807, 2.05) is 13.0 Å². The Morgan fingerprint density at radius 1 is 1.00 bits per heavy atom. The Morgan fingerprint density at radius 2 is 1.75 bits per heavy atom. The molecule has 0 aliphatic heterocycles. The second-order valence-electron chi connectivity index (χ2n) is 4.19. The Morgan fingerprint density at radius 3 is 2.56 bits per heavy atom. The van der Waals surface area contributed by atoms with Crippen LogP contribution in [0.25, 0.3) is 21.9 Å². The molecule has 2 aromatic carbocycles. The number of hydrogen-bond acceptors (Lipinski definition) is 2. The molecule has 0 atom stereocenters. The maximum atomic E-state index is 9.43. The van der Waals surface area contributed by atoms with E-state index in [1.165, 1.54) is 5.56 Å². The average Bonchev–Trinajstić information content (AvgIpc) is 2.63. The number of furan rings is 1. The van der Waals surface area contributed by atoms with Crippen LogP contribution in [0.15, 0.2) is 34.7 Å². The number of phenolic OH excluding ortho intramolecular Hbond substituents is 1. The van der Waals surface area contributed by atoms with Gasteiger partial charge < -0.3 is 9.52 Å². The predicted molar refractivity (Wildman–Crippen MR) is 64.9 cm³/mol. The third-order valence-electron chi connectivity index (χ3n) is 3.01. The smallest absolute Gasteiger partial charge is 0.139 e. The number of phenols is 1. The summed E-state index contributed by atoms with van der Waals surface area (Å²) in [7, 11) is 0. The van der Waals surface area contributed by atoms with Crippen molar-refractivity contribution in [1.29, 1.82) is 0 Å². The lowest BCUT2D eigenvalue weighted by molar-refractivity contribution is 0.475. The molecule has 3 rings (SSSR count). The van der Waals surface area contributed by atoms with Crippen molar-refractivity contribution in [2.24, 2.45) is 0 Å². The second-order valence-corrected chi connectivity index (χ2v) is 4.19. The maximum absolute atomic E-state index is 9.43. The van der Waals surface area contributed by atoms with Gasteiger partial charge in [-0.3, -0.25) is 0 Å². The highest BCUT2D eigenvalue weighted by Gasteiger charge is 2.11. The van der Waals surface area contributed by atoms with Crippen LogP contribution in [0, 0.1) is 13.8 Å². The molecule has 1 heterocycles. The molecule has 16 heavy (non-hydrogen) atoms. The molecule has 3 aromatic rings. The van der Waals surface area contributed by atoms with Gasteiger partial charge in [-0.15, -0.1) is 0 Å². The van der Waals surface area contributed by atoms with Gasteiger partial charge in [0.2, 0.25) is 0 Å². The van der Waals surface area contributed by atoms with E-state index in [2.05, 4.69) is 19.1 Å². The minimum atomic E-state index is 0.238. The molecule has 1 aromatic heterocycles. The first-order chi connectivity index (χ1) is 7.66. The molecule has 0 spiro atoms. The van der Waals surface area contributed by atoms with E-state index < -0.39 is 0 Å². The molecule has 0 saturated carbocycles. The summed E-state index contributed by atoms with van der Waals surface area (Å²) in [5, 5.41) is 11.6. The fraction of sp³-hybridized carbons (Fsp3) is 0.143. The molecule has 0 saturated heterocycles. The van der Waals surface area contributed by atoms with Crippen LogP contribution in [-0.4, -0.2) is 5.11 Å². The summed E-state index contributed by atoms with van der Waals surface area (Å²) < 4.78 is 5.78. The first-order valence-electron chi connectivity index (χ1n) is 5.28. The highest BCUT2D eigenvalue weighted by atomic mass is 16.3. The van der Waals surface area contributed by atoms with Crippen molar-refractivity contribution in [3.63, 3.8) is 0 Å². The SMILES string of the molecule is Cc1ccc(C)c2c1oc1cc(O)ccc12. The molecule has 1 N–H and O–H groups in total. The summed E-state index contributed by atoms with van der Waals surface area (Å²) in [6.07, 6.45) is 0. The van der Waals surface area contributed by atoms with Gasteiger partial charge in [0.1, 0.15) is 16.9 Å². The Labute approximate surface area is 93.1 Å². The topological polar surface area (TPSA) is 33.4 Å². The largest absolute Gasteiger partial charge is 0.508 e. The van der Waals surface area contributed by atoms with Gasteiger partial charge in [-0.05, 0) is 37.1 Å². The van der Waals surface area contributed by atoms with Gasteiger partial charge in [0.25, 0.3) is 0 Å². The molecular formula is C14H12O2. The van der Waals surface area contributed by atoms with Crippen LogP contribution in [0.3, 0.4) is 0 Å². The van der Waals surface area contributed by atoms with Gasteiger partial charge >= 0.3 is 0 Å². The van der Waals surface area contributed by atoms with E-state index in [-0.39, 0.29) is 5.75 Å². The zero-order chi connectivity index (χ0) is 11.3. The zero-order valence-electron chi connectivity index (χ0n) is 9.24. The van der Waals surface area contributed by atoms with E-state index in [9.17, 15) is 5.11 Å². The van der Waals surface area contributed by atoms with Crippen LogP contribution in [0.4, 0.5) is 0 Å². The summed E-state index contributed by atoms with van der Waals surface area (Å²) in [5.74, 6) is 0.238. The molecular weight excluding hydrogens is 200 g/mol. The van der Waals surface area contributed by atoms with Crippen LogP contribution < -0.4 is 0 Å². The Hall–Kier alpha value is -1.96. The lowest BCUT2D eigenvalue weighted by atomic mass is 10.0. The normalized spacial score (nSPS) is 11.4. The molecule has 0 unspecified atom stereocenters. The molecule has 0 aliphatic rings. The van der Waals surface area contributed by atoms with Crippen molar-refractivity contribution in [3.8, 4) is 5.75 Å². The molecule has 2 nitrogen and oxygen atoms in total. The Balaban J connectivity index is 2.60. The highest BCUT2D eigenvalue weighted by molar-refractivity contribution is 6.07. The van der Waals surface area contributed by atoms with E-state index in [4.69, 9.17) is 4.42 Å². The van der Waals surface area contributed by atoms with Gasteiger partial charge in [0.15, 0.2) is 0 Å². The number of aromatic hydroxyl groups is 1. The molecule has 0 bridgehead atoms. The Kier molecular flexibility index (Phi) is 1.75. The highest BCUT2D eigenvalue weighted by Crippen LogP contribution is 2.34. The van der Waals surface area contributed by atoms with Crippen LogP contribution in [0.5, 0.6) is 5.75 Å². The molecule has 2 heteroatoms. The van der Waals surface area contributed by atoms with Crippen molar-refractivity contribution in [3.05, 3.63) is 41.5 Å². The molecule has 0 fully saturated rings. The second kappa shape index (κ2) is 3.01. The summed E-state index contributed by atoms with van der Waals surface area (Å²) >= 11 is 0. The number of rotatable bonds is 0. The van der Waals surface area contributed by atoms with Crippen LogP contribution in [0.1, 0.15) is 11.1 Å². The number of fused-ring (bicyclic) bond motifs is 3. The summed E-state index contributed by atoms with van der Waals surface area (Å²) in [6.45, 7) is 4.10. The third-order valence-corrected chi connectivity index (χ3v) is 3.01. The van der Waals surface area contributed by atoms with E-state index >= 15 is 0 Å². The van der Waals surface area contributed by atoms with E-state index in [0.29, 0.717) is 0 Å². The first kappa shape index (κ1) is 9.28. The van der Waals surface area contributed by atoms with Crippen LogP contribution >= 0.6 is 0 Å². The summed E-state index contributed by atoms with van der Waals surface area (Å²) in [4.78, 5) is 0. The van der Waals surface area contributed by atoms with Gasteiger partial charge in [-0.2, -0.15) is 0 Å². The minimum Gasteiger partial charge on any atom is -0.508 e. The number of aryl methyl sites for hydroxylation is 2. The van der Waals surface area contributed by atoms with Crippen molar-refractivity contribution >= 4 is 21.9 Å². The standard InChI is InChI=1S/C14H12O2/c1-8-3-4-9(2)14-13(8)11-6-5-10(15)7-12(11)16-14/h3-7,15H,1-2H3. The molecule has 0 amide bonds. The van der Waals surface area contributed by atoms with Gasteiger partial charge in [-0.25, -0.2) is 0 Å². The average molecular weight is 212 g/mol. The van der Waals surface area contributed by atoms with Gasteiger partial charge in [0.05, 0.1) is 0 Å². The van der Waals surface area contributed by atoms with Gasteiger partial charge in [-0.1, -0.05) is 12.1 Å². The van der Waals surface area contributed by atoms with Crippen LogP contribution in [-0.2, 0) is 0 Å². The van der Waals surface area contributed by atoms with Crippen molar-refractivity contribution < 1.29 is 9.52 Å². The molecule has 80 valence electrons. The van der Waals surface area contributed by atoms with Gasteiger partial charge in [0, 0.05) is 16.8 Å². The molecule has 0 aliphatic carbocycles. The fourth-order valence-electron chi connectivity index (χ4n) is 2.16. The quantitative estimate of drug-likeness (QED) is 0.613. The Bertz CT molecular complexity index is 693. The summed E-state index contributed by atoms with van der Waals surface area (Å²) in [5.41, 5.74) is 3.98. The van der Waals surface area contributed by atoms with Crippen molar-refractivity contribution in [2.45, 2.75) is 13.8 Å². The first-order valence-corrected chi connectivity index (χ1v) is 5.28. The number of hydrogen-bond donors (Lipinski definition) is 1. The van der Waals surface area contributed by atoms with E-state index in [1.54, 1.807) is 12.1 Å². The van der Waals surface area contributed by atoms with Crippen molar-refractivity contribution in [1.82, 2.24) is 0 Å². The van der Waals surface area contributed by atoms with E-state index in [0.717, 1.165) is 27.5 Å². The predicted octanol–water partition coefficient (Wildman–Crippen LogP) is 3.91. The zero-order valence-corrected chi connectivity index (χ0v) is 9.24. The third kappa shape index (κ3) is 1.13. The minimum absolute atomic E-state index is 0.238. The van der Waals surface area contributed by atoms with Crippen LogP contribution in [0.2, 0.25) is 0 Å². The monoisotopic (exact) mass is 212 g/mol. The summed E-state index contributed by atoms with van der Waals surface area (Å²) in [6, 6.07) is 9.41. The number of benzene rings is 2. The lowest BCUT2D eigenvalue weighted by Gasteiger charge is -1.98. The fourth-order valence-corrected chi connectivity index (χ4v) is 2.16. The lowest BCUT2D eigenvalue weighted by Crippen LogP contribution is -1.77. The maximum Gasteiger partial charge on any atom is 0.139 e. The van der Waals surface area contributed by atoms with Crippen molar-refractivity contribution in [2.75, 3.05) is 0 Å².